The topological polar surface area (TPSA) is 38.2 Å². The summed E-state index contributed by atoms with van der Waals surface area (Å²) < 4.78 is 10.5. The number of rotatable bonds is 7. The minimum absolute atomic E-state index is 0. The SMILES string of the molecule is C#CCN(C)CCc1cc(C)c(Oc2nc(-c3ccc(C)cc3)ns2)cc1C.Cl. The van der Waals surface area contributed by atoms with Crippen LogP contribution in [0.3, 0.4) is 0 Å². The third kappa shape index (κ3) is 6.04. The Labute approximate surface area is 183 Å². The summed E-state index contributed by atoms with van der Waals surface area (Å²) in [4.78, 5) is 6.68. The van der Waals surface area contributed by atoms with Crippen molar-refractivity contribution in [2.24, 2.45) is 0 Å². The summed E-state index contributed by atoms with van der Waals surface area (Å²) in [5.41, 5.74) is 5.82. The van der Waals surface area contributed by atoms with Crippen molar-refractivity contribution < 1.29 is 4.74 Å². The van der Waals surface area contributed by atoms with Gasteiger partial charge in [0.05, 0.1) is 6.54 Å². The largest absolute Gasteiger partial charge is 0.430 e. The zero-order valence-corrected chi connectivity index (χ0v) is 18.9. The summed E-state index contributed by atoms with van der Waals surface area (Å²) in [5, 5.41) is 0.555. The maximum absolute atomic E-state index is 6.04. The van der Waals surface area contributed by atoms with Crippen LogP contribution in [0.1, 0.15) is 22.3 Å². The van der Waals surface area contributed by atoms with Gasteiger partial charge < -0.3 is 4.74 Å². The number of hydrogen-bond acceptors (Lipinski definition) is 5. The summed E-state index contributed by atoms with van der Waals surface area (Å²) in [6, 6.07) is 12.5. The Morgan fingerprint density at radius 3 is 2.52 bits per heavy atom. The molecule has 0 atom stereocenters. The Bertz CT molecular complexity index is 992. The average Bonchev–Trinajstić information content (AvgIpc) is 3.12. The van der Waals surface area contributed by atoms with E-state index >= 15 is 0 Å². The Morgan fingerprint density at radius 2 is 1.83 bits per heavy atom. The Hall–Kier alpha value is -2.39. The molecular weight excluding hydrogens is 402 g/mol. The first-order valence-electron chi connectivity index (χ1n) is 9.27. The van der Waals surface area contributed by atoms with Crippen molar-refractivity contribution in [1.82, 2.24) is 14.3 Å². The number of halogens is 1. The van der Waals surface area contributed by atoms with Crippen LogP contribution in [0.2, 0.25) is 0 Å². The molecule has 0 unspecified atom stereocenters. The smallest absolute Gasteiger partial charge is 0.299 e. The second-order valence-corrected chi connectivity index (χ2v) is 7.80. The van der Waals surface area contributed by atoms with Crippen molar-refractivity contribution in [2.45, 2.75) is 27.2 Å². The number of likely N-dealkylation sites (N-methyl/N-ethyl adjacent to an activating group) is 1. The molecule has 0 aliphatic heterocycles. The third-order valence-electron chi connectivity index (χ3n) is 4.67. The average molecular weight is 428 g/mol. The lowest BCUT2D eigenvalue weighted by Gasteiger charge is -2.16. The first-order valence-corrected chi connectivity index (χ1v) is 10.0. The molecule has 0 radical (unpaired) electrons. The van der Waals surface area contributed by atoms with E-state index < -0.39 is 0 Å². The van der Waals surface area contributed by atoms with Crippen LogP contribution in [0.4, 0.5) is 0 Å². The standard InChI is InChI=1S/C23H25N3OS.ClH/c1-6-12-26(5)13-11-20-14-18(4)21(15-17(20)3)27-23-24-22(25-28-23)19-9-7-16(2)8-10-19;/h1,7-10,14-15H,11-13H2,2-5H3;1H. The molecule has 152 valence electrons. The molecule has 3 aromatic rings. The second-order valence-electron chi connectivity index (χ2n) is 7.09. The highest BCUT2D eigenvalue weighted by atomic mass is 35.5. The van der Waals surface area contributed by atoms with Crippen LogP contribution < -0.4 is 4.74 Å². The lowest BCUT2D eigenvalue weighted by molar-refractivity contribution is 0.380. The number of hydrogen-bond donors (Lipinski definition) is 0. The predicted octanol–water partition coefficient (Wildman–Crippen LogP) is 5.45. The van der Waals surface area contributed by atoms with Crippen LogP contribution in [0.25, 0.3) is 11.4 Å². The summed E-state index contributed by atoms with van der Waals surface area (Å²) in [7, 11) is 2.04. The lowest BCUT2D eigenvalue weighted by atomic mass is 10.0. The Morgan fingerprint density at radius 1 is 1.10 bits per heavy atom. The molecule has 6 heteroatoms. The predicted molar refractivity (Wildman–Crippen MR) is 123 cm³/mol. The van der Waals surface area contributed by atoms with Crippen LogP contribution in [0, 0.1) is 33.1 Å². The fraction of sp³-hybridized carbons (Fsp3) is 0.304. The van der Waals surface area contributed by atoms with Crippen molar-refractivity contribution >= 4 is 23.9 Å². The van der Waals surface area contributed by atoms with E-state index in [0.717, 1.165) is 29.8 Å². The zero-order chi connectivity index (χ0) is 20.1. The minimum Gasteiger partial charge on any atom is -0.430 e. The highest BCUT2D eigenvalue weighted by Crippen LogP contribution is 2.31. The van der Waals surface area contributed by atoms with Gasteiger partial charge in [-0.2, -0.15) is 9.36 Å². The minimum atomic E-state index is 0. The van der Waals surface area contributed by atoms with Crippen molar-refractivity contribution in [2.75, 3.05) is 20.1 Å². The summed E-state index contributed by atoms with van der Waals surface area (Å²) in [6.45, 7) is 7.83. The van der Waals surface area contributed by atoms with Crippen LogP contribution in [-0.2, 0) is 6.42 Å². The molecule has 0 aliphatic rings. The number of ether oxygens (including phenoxy) is 1. The van der Waals surface area contributed by atoms with Gasteiger partial charge in [-0.25, -0.2) is 0 Å². The molecule has 0 spiro atoms. The fourth-order valence-electron chi connectivity index (χ4n) is 2.94. The molecular formula is C23H26ClN3OS. The summed E-state index contributed by atoms with van der Waals surface area (Å²) in [6.07, 6.45) is 6.33. The maximum atomic E-state index is 6.04. The van der Waals surface area contributed by atoms with Crippen molar-refractivity contribution in [3.05, 3.63) is 58.7 Å². The number of aromatic nitrogens is 2. The van der Waals surface area contributed by atoms with Crippen LogP contribution in [-0.4, -0.2) is 34.4 Å². The van der Waals surface area contributed by atoms with Crippen molar-refractivity contribution in [3.8, 4) is 34.7 Å². The van der Waals surface area contributed by atoms with E-state index in [1.807, 2.05) is 19.2 Å². The molecule has 1 heterocycles. The molecule has 0 amide bonds. The van der Waals surface area contributed by atoms with E-state index in [4.69, 9.17) is 11.2 Å². The molecule has 1 aromatic heterocycles. The Kier molecular flexibility index (Phi) is 8.21. The molecule has 29 heavy (non-hydrogen) atoms. The monoisotopic (exact) mass is 427 g/mol. The number of benzene rings is 2. The van der Waals surface area contributed by atoms with E-state index in [1.54, 1.807) is 0 Å². The summed E-state index contributed by atoms with van der Waals surface area (Å²) >= 11 is 1.27. The first-order chi connectivity index (χ1) is 13.5. The van der Waals surface area contributed by atoms with Gasteiger partial charge in [0.25, 0.3) is 5.19 Å². The quantitative estimate of drug-likeness (QED) is 0.470. The molecule has 3 rings (SSSR count). The lowest BCUT2D eigenvalue weighted by Crippen LogP contribution is -2.21. The van der Waals surface area contributed by atoms with E-state index in [0.29, 0.717) is 17.6 Å². The maximum Gasteiger partial charge on any atom is 0.299 e. The fourth-order valence-corrected chi connectivity index (χ4v) is 3.51. The normalized spacial score (nSPS) is 10.5. The highest BCUT2D eigenvalue weighted by Gasteiger charge is 2.12. The van der Waals surface area contributed by atoms with Gasteiger partial charge >= 0.3 is 0 Å². The van der Waals surface area contributed by atoms with Crippen LogP contribution in [0.15, 0.2) is 36.4 Å². The van der Waals surface area contributed by atoms with Crippen LogP contribution in [0.5, 0.6) is 10.9 Å². The molecule has 0 fully saturated rings. The number of nitrogens with zero attached hydrogens (tertiary/aromatic N) is 3. The summed E-state index contributed by atoms with van der Waals surface area (Å²) in [5.74, 6) is 4.20. The molecule has 4 nitrogen and oxygen atoms in total. The molecule has 0 N–H and O–H groups in total. The second kappa shape index (κ2) is 10.4. The van der Waals surface area contributed by atoms with Crippen molar-refractivity contribution in [1.29, 1.82) is 0 Å². The number of aryl methyl sites for hydroxylation is 3. The van der Waals surface area contributed by atoms with Gasteiger partial charge in [0.15, 0.2) is 5.82 Å². The first kappa shape index (κ1) is 22.9. The highest BCUT2D eigenvalue weighted by molar-refractivity contribution is 7.07. The van der Waals surface area contributed by atoms with Gasteiger partial charge in [-0.05, 0) is 57.0 Å². The molecule has 0 bridgehead atoms. The Balaban J connectivity index is 0.00000300. The zero-order valence-electron chi connectivity index (χ0n) is 17.2. The van der Waals surface area contributed by atoms with E-state index in [2.05, 4.69) is 65.2 Å². The molecule has 0 saturated heterocycles. The molecule has 0 aliphatic carbocycles. The molecule has 0 saturated carbocycles. The molecule has 2 aromatic carbocycles. The van der Waals surface area contributed by atoms with Gasteiger partial charge in [0.2, 0.25) is 0 Å². The van der Waals surface area contributed by atoms with E-state index in [-0.39, 0.29) is 12.4 Å². The van der Waals surface area contributed by atoms with E-state index in [9.17, 15) is 0 Å². The van der Waals surface area contributed by atoms with Gasteiger partial charge in [-0.3, -0.25) is 4.90 Å². The van der Waals surface area contributed by atoms with Gasteiger partial charge in [-0.1, -0.05) is 41.8 Å². The third-order valence-corrected chi connectivity index (χ3v) is 5.27. The van der Waals surface area contributed by atoms with Crippen LogP contribution >= 0.6 is 23.9 Å². The number of terminal acetylenes is 1. The van der Waals surface area contributed by atoms with Gasteiger partial charge in [0, 0.05) is 23.6 Å². The van der Waals surface area contributed by atoms with Gasteiger partial charge in [-0.15, -0.1) is 18.8 Å². The van der Waals surface area contributed by atoms with E-state index in [1.165, 1.54) is 28.2 Å². The van der Waals surface area contributed by atoms with Crippen molar-refractivity contribution in [3.63, 3.8) is 0 Å². The van der Waals surface area contributed by atoms with Gasteiger partial charge in [0.1, 0.15) is 5.75 Å².